The maximum Gasteiger partial charge on any atom is 0.355 e. The van der Waals surface area contributed by atoms with Crippen molar-refractivity contribution >= 4 is 69.3 Å². The molecule has 3 heterocycles. The van der Waals surface area contributed by atoms with Crippen LogP contribution >= 0.6 is 34.7 Å². The molecule has 0 bridgehead atoms. The number of thiazole rings is 1. The number of hydrogen-bond acceptors (Lipinski definition) is 13. The lowest BCUT2D eigenvalue weighted by atomic mass is 9.77. The van der Waals surface area contributed by atoms with E-state index in [2.05, 4.69) is 15.8 Å². The zero-order valence-corrected chi connectivity index (χ0v) is 38.5. The first-order valence-electron chi connectivity index (χ1n) is 20.4. The van der Waals surface area contributed by atoms with E-state index in [-0.39, 0.29) is 29.6 Å². The zero-order chi connectivity index (χ0) is 45.6. The molecule has 1 unspecified atom stereocenters. The summed E-state index contributed by atoms with van der Waals surface area (Å²) < 4.78 is 16.4. The molecular weight excluding hydrogens is 874 g/mol. The first kappa shape index (κ1) is 45.9. The molecule has 0 aliphatic carbocycles. The largest absolute Gasteiger partial charge is 0.497 e. The molecule has 7 rings (SSSR count). The number of rotatable bonds is 16. The van der Waals surface area contributed by atoms with Crippen LogP contribution in [0.4, 0.5) is 5.13 Å². The van der Waals surface area contributed by atoms with E-state index in [1.54, 1.807) is 57.5 Å². The summed E-state index contributed by atoms with van der Waals surface area (Å²) in [5, 5.41) is 12.2. The van der Waals surface area contributed by atoms with Crippen LogP contribution in [0.25, 0.3) is 0 Å². The number of thioether (sulfide) groups is 1. The summed E-state index contributed by atoms with van der Waals surface area (Å²) in [6.07, 6.45) is 0. The van der Waals surface area contributed by atoms with E-state index in [0.29, 0.717) is 22.2 Å². The van der Waals surface area contributed by atoms with E-state index >= 15 is 0 Å². The normalized spacial score (nSPS) is 16.6. The molecule has 0 radical (unpaired) electrons. The molecule has 0 spiro atoms. The van der Waals surface area contributed by atoms with Crippen molar-refractivity contribution in [1.29, 1.82) is 0 Å². The average Bonchev–Trinajstić information content (AvgIpc) is 3.76. The van der Waals surface area contributed by atoms with Crippen LogP contribution in [0, 0.1) is 0 Å². The number of esters is 2. The zero-order valence-electron chi connectivity index (χ0n) is 36.1. The fourth-order valence-corrected chi connectivity index (χ4v) is 9.54. The second kappa shape index (κ2) is 19.3. The van der Waals surface area contributed by atoms with Crippen LogP contribution in [0.5, 0.6) is 5.75 Å². The molecule has 2 N–H and O–H groups in total. The SMILES string of the molecule is COc1ccc(COC(=O)C2=C(CCl)CS[C@@H]3C(NC(=O)/C(=N/OC(C)(C)C(=O)OC(C)(C)C)c4csc(NC(c5ccccc5)(c5ccccc5)c5ccccc5)n4)C(=O)N23)cc1. The number of benzene rings is 4. The highest BCUT2D eigenvalue weighted by atomic mass is 35.5. The Balaban J connectivity index is 1.19. The lowest BCUT2D eigenvalue weighted by Crippen LogP contribution is -2.71. The number of ether oxygens (including phenoxy) is 3. The Morgan fingerprint density at radius 1 is 0.859 bits per heavy atom. The highest BCUT2D eigenvalue weighted by molar-refractivity contribution is 8.00. The molecule has 16 heteroatoms. The minimum absolute atomic E-state index is 0.00459. The Bertz CT molecular complexity index is 2450. The predicted molar refractivity (Wildman–Crippen MR) is 248 cm³/mol. The van der Waals surface area contributed by atoms with E-state index in [1.165, 1.54) is 41.8 Å². The van der Waals surface area contributed by atoms with Crippen molar-refractivity contribution in [2.75, 3.05) is 24.1 Å². The molecule has 2 amide bonds. The fourth-order valence-electron chi connectivity index (χ4n) is 7.11. The van der Waals surface area contributed by atoms with Crippen molar-refractivity contribution in [1.82, 2.24) is 15.2 Å². The Morgan fingerprint density at radius 3 is 1.97 bits per heavy atom. The third kappa shape index (κ3) is 9.81. The number of oxime groups is 1. The number of halogens is 1. The monoisotopic (exact) mass is 921 g/mol. The van der Waals surface area contributed by atoms with Crippen molar-refractivity contribution in [3.63, 3.8) is 0 Å². The molecule has 1 fully saturated rings. The van der Waals surface area contributed by atoms with Gasteiger partial charge in [-0.25, -0.2) is 14.6 Å². The molecule has 1 aromatic heterocycles. The molecule has 2 aliphatic heterocycles. The Morgan fingerprint density at radius 2 is 1.44 bits per heavy atom. The molecule has 2 atom stereocenters. The smallest absolute Gasteiger partial charge is 0.355 e. The van der Waals surface area contributed by atoms with Crippen molar-refractivity contribution in [3.8, 4) is 5.75 Å². The standard InChI is InChI=1S/C48H48ClN5O8S2/c1-46(2,3)61-44(58)47(4,5)62-53-37(36-29-64-45(50-36)52-48(32-16-10-7-11-17-32,33-18-12-8-13-19-33)34-20-14-9-15-21-34)40(55)51-38-41(56)54-39(31(26-49)28-63-42(38)54)43(57)60-27-30-22-24-35(59-6)25-23-30/h7-25,29,38,42H,26-28H2,1-6H3,(H,50,52)(H,51,55)/b53-37+/t38?,42-/m1/s1. The molecule has 332 valence electrons. The Kier molecular flexibility index (Phi) is 13.8. The Hall–Kier alpha value is -6.16. The highest BCUT2D eigenvalue weighted by Gasteiger charge is 2.55. The molecule has 2 aliphatic rings. The van der Waals surface area contributed by atoms with Gasteiger partial charge >= 0.3 is 11.9 Å². The van der Waals surface area contributed by atoms with Gasteiger partial charge in [-0.05, 0) is 74.6 Å². The van der Waals surface area contributed by atoms with Crippen molar-refractivity contribution < 1.29 is 38.2 Å². The molecule has 4 aromatic carbocycles. The average molecular weight is 923 g/mol. The lowest BCUT2D eigenvalue weighted by Gasteiger charge is -2.49. The van der Waals surface area contributed by atoms with Crippen LogP contribution < -0.4 is 15.4 Å². The maximum atomic E-state index is 14.5. The summed E-state index contributed by atoms with van der Waals surface area (Å²) in [6, 6.07) is 35.9. The number of hydrogen-bond donors (Lipinski definition) is 2. The van der Waals surface area contributed by atoms with Gasteiger partial charge in [-0.2, -0.15) is 0 Å². The molecule has 0 saturated carbocycles. The minimum atomic E-state index is -1.63. The number of methoxy groups -OCH3 is 1. The van der Waals surface area contributed by atoms with Crippen LogP contribution in [0.2, 0.25) is 0 Å². The second-order valence-electron chi connectivity index (χ2n) is 16.4. The molecular formula is C48H48ClN5O8S2. The summed E-state index contributed by atoms with van der Waals surface area (Å²) in [7, 11) is 1.56. The van der Waals surface area contributed by atoms with E-state index < -0.39 is 51.9 Å². The summed E-state index contributed by atoms with van der Waals surface area (Å²) in [5.74, 6) is -1.80. The summed E-state index contributed by atoms with van der Waals surface area (Å²) in [4.78, 5) is 67.3. The van der Waals surface area contributed by atoms with E-state index in [0.717, 1.165) is 22.3 Å². The van der Waals surface area contributed by atoms with Crippen molar-refractivity contribution in [2.24, 2.45) is 5.16 Å². The van der Waals surface area contributed by atoms with Gasteiger partial charge in [0.1, 0.15) is 46.3 Å². The van der Waals surface area contributed by atoms with Gasteiger partial charge in [0.15, 0.2) is 10.8 Å². The number of carbonyl (C=O) groups excluding carboxylic acids is 4. The molecule has 5 aromatic rings. The fraction of sp³-hybridized carbons (Fsp3) is 0.292. The van der Waals surface area contributed by atoms with E-state index in [1.807, 2.05) is 91.0 Å². The number of β-lactam (4-membered cyclic amide) rings is 1. The van der Waals surface area contributed by atoms with Gasteiger partial charge in [0.2, 0.25) is 5.60 Å². The molecule has 1 saturated heterocycles. The number of fused-ring (bicyclic) bond motifs is 1. The van der Waals surface area contributed by atoms with Crippen LogP contribution in [0.1, 0.15) is 62.6 Å². The summed E-state index contributed by atoms with van der Waals surface area (Å²) >= 11 is 8.87. The highest BCUT2D eigenvalue weighted by Crippen LogP contribution is 2.42. The molecule has 64 heavy (non-hydrogen) atoms. The van der Waals surface area contributed by atoms with Crippen LogP contribution in [0.3, 0.4) is 0 Å². The van der Waals surface area contributed by atoms with Crippen molar-refractivity contribution in [2.45, 2.75) is 69.4 Å². The number of alkyl halides is 1. The summed E-state index contributed by atoms with van der Waals surface area (Å²) in [6.45, 7) is 8.09. The maximum absolute atomic E-state index is 14.5. The third-order valence-corrected chi connectivity index (χ3v) is 12.8. The van der Waals surface area contributed by atoms with Gasteiger partial charge in [-0.1, -0.05) is 108 Å². The predicted octanol–water partition coefficient (Wildman–Crippen LogP) is 8.03. The number of amides is 2. The first-order valence-corrected chi connectivity index (χ1v) is 22.9. The number of nitrogens with zero attached hydrogens (tertiary/aromatic N) is 3. The first-order chi connectivity index (χ1) is 30.6. The summed E-state index contributed by atoms with van der Waals surface area (Å²) in [5.41, 5.74) is 0.529. The number of carbonyl (C=O) groups is 4. The van der Waals surface area contributed by atoms with Crippen LogP contribution in [-0.4, -0.2) is 80.7 Å². The Labute approximate surface area is 385 Å². The second-order valence-corrected chi connectivity index (χ2v) is 18.7. The topological polar surface area (TPSA) is 158 Å². The van der Waals surface area contributed by atoms with Gasteiger partial charge in [-0.3, -0.25) is 14.5 Å². The van der Waals surface area contributed by atoms with Gasteiger partial charge in [0.05, 0.1) is 7.11 Å². The van der Waals surface area contributed by atoms with Gasteiger partial charge in [0, 0.05) is 17.0 Å². The molecule has 13 nitrogen and oxygen atoms in total. The van der Waals surface area contributed by atoms with E-state index in [9.17, 15) is 19.2 Å². The lowest BCUT2D eigenvalue weighted by molar-refractivity contribution is -0.179. The number of aromatic nitrogens is 1. The quantitative estimate of drug-likeness (QED) is 0.0247. The van der Waals surface area contributed by atoms with Gasteiger partial charge in [0.25, 0.3) is 11.8 Å². The number of nitrogens with one attached hydrogen (secondary N) is 2. The minimum Gasteiger partial charge on any atom is -0.497 e. The van der Waals surface area contributed by atoms with E-state index in [4.69, 9.17) is 35.6 Å². The van der Waals surface area contributed by atoms with Gasteiger partial charge < -0.3 is 29.7 Å². The van der Waals surface area contributed by atoms with Crippen LogP contribution in [0.15, 0.2) is 137 Å². The number of anilines is 1. The van der Waals surface area contributed by atoms with Crippen molar-refractivity contribution in [3.05, 3.63) is 160 Å². The third-order valence-electron chi connectivity index (χ3n) is 10.3. The van der Waals surface area contributed by atoms with Gasteiger partial charge in [-0.15, -0.1) is 34.7 Å². The van der Waals surface area contributed by atoms with Crippen LogP contribution in [-0.2, 0) is 45.6 Å².